The molecule has 0 aliphatic carbocycles. The number of hydrogen-bond donors (Lipinski definition) is 2. The summed E-state index contributed by atoms with van der Waals surface area (Å²) in [5, 5.41) is 3.24. The minimum absolute atomic E-state index is 0.224. The van der Waals surface area contributed by atoms with Crippen LogP contribution >= 0.6 is 0 Å². The second kappa shape index (κ2) is 9.15. The summed E-state index contributed by atoms with van der Waals surface area (Å²) >= 11 is 0. The number of rotatable bonds is 5. The number of nitrogens with one attached hydrogen (secondary N) is 1. The van der Waals surface area contributed by atoms with Gasteiger partial charge in [-0.25, -0.2) is 9.79 Å². The van der Waals surface area contributed by atoms with Gasteiger partial charge in [0.05, 0.1) is 20.3 Å². The van der Waals surface area contributed by atoms with E-state index in [-0.39, 0.29) is 12.1 Å². The van der Waals surface area contributed by atoms with Crippen LogP contribution in [0, 0.1) is 6.92 Å². The third-order valence-corrected chi connectivity index (χ3v) is 4.15. The summed E-state index contributed by atoms with van der Waals surface area (Å²) in [7, 11) is 1.65. The second-order valence-corrected chi connectivity index (χ2v) is 6.16. The number of piperidine rings is 1. The predicted molar refractivity (Wildman–Crippen MR) is 97.8 cm³/mol. The first-order chi connectivity index (χ1) is 12.0. The molecule has 7 heteroatoms. The fourth-order valence-corrected chi connectivity index (χ4v) is 2.89. The average Bonchev–Trinajstić information content (AvgIpc) is 2.60. The van der Waals surface area contributed by atoms with Crippen LogP contribution in [0.5, 0.6) is 5.75 Å². The van der Waals surface area contributed by atoms with Crippen molar-refractivity contribution in [1.29, 1.82) is 0 Å². The average molecular weight is 348 g/mol. The van der Waals surface area contributed by atoms with E-state index in [2.05, 4.69) is 16.4 Å². The first-order valence-electron chi connectivity index (χ1n) is 8.64. The molecular weight excluding hydrogens is 320 g/mol. The Kier molecular flexibility index (Phi) is 6.91. The normalized spacial score (nSPS) is 15.8. The van der Waals surface area contributed by atoms with E-state index < -0.39 is 0 Å². The van der Waals surface area contributed by atoms with Gasteiger partial charge in [-0.1, -0.05) is 6.07 Å². The van der Waals surface area contributed by atoms with Gasteiger partial charge in [-0.05, 0) is 49.9 Å². The molecule has 1 aromatic rings. The molecule has 1 aromatic carbocycles. The quantitative estimate of drug-likeness (QED) is 0.628. The van der Waals surface area contributed by atoms with Gasteiger partial charge in [0.25, 0.3) is 0 Å². The fraction of sp³-hybridized carbons (Fsp3) is 0.556. The number of benzene rings is 1. The number of nitrogens with zero attached hydrogens (tertiary/aromatic N) is 2. The Morgan fingerprint density at radius 2 is 2.08 bits per heavy atom. The van der Waals surface area contributed by atoms with Crippen molar-refractivity contribution in [3.63, 3.8) is 0 Å². The highest BCUT2D eigenvalue weighted by atomic mass is 16.6. The zero-order valence-corrected chi connectivity index (χ0v) is 15.2. The van der Waals surface area contributed by atoms with Crippen LogP contribution < -0.4 is 15.8 Å². The fourth-order valence-electron chi connectivity index (χ4n) is 2.89. The van der Waals surface area contributed by atoms with Crippen LogP contribution in [0.3, 0.4) is 0 Å². The van der Waals surface area contributed by atoms with E-state index >= 15 is 0 Å². The van der Waals surface area contributed by atoms with Gasteiger partial charge in [0.15, 0.2) is 5.96 Å². The van der Waals surface area contributed by atoms with Crippen LogP contribution in [0.1, 0.15) is 30.9 Å². The number of guanidine groups is 1. The Labute approximate surface area is 149 Å². The molecule has 25 heavy (non-hydrogen) atoms. The van der Waals surface area contributed by atoms with Crippen LogP contribution in [-0.4, -0.2) is 49.8 Å². The number of aliphatic imine (C=N–C) groups is 1. The van der Waals surface area contributed by atoms with Gasteiger partial charge in [-0.3, -0.25) is 0 Å². The maximum absolute atomic E-state index is 11.7. The molecule has 0 unspecified atom stereocenters. The van der Waals surface area contributed by atoms with Gasteiger partial charge in [-0.15, -0.1) is 0 Å². The predicted octanol–water partition coefficient (Wildman–Crippen LogP) is 2.03. The maximum Gasteiger partial charge on any atom is 0.409 e. The Morgan fingerprint density at radius 1 is 1.36 bits per heavy atom. The van der Waals surface area contributed by atoms with E-state index in [0.717, 1.165) is 29.7 Å². The third-order valence-electron chi connectivity index (χ3n) is 4.15. The molecular formula is C18H28N4O3. The van der Waals surface area contributed by atoms with Gasteiger partial charge in [0, 0.05) is 19.1 Å². The summed E-state index contributed by atoms with van der Waals surface area (Å²) in [4.78, 5) is 17.8. The van der Waals surface area contributed by atoms with Gasteiger partial charge >= 0.3 is 6.09 Å². The van der Waals surface area contributed by atoms with Crippen molar-refractivity contribution >= 4 is 12.1 Å². The van der Waals surface area contributed by atoms with E-state index in [1.165, 1.54) is 0 Å². The Hall–Kier alpha value is -2.44. The Morgan fingerprint density at radius 3 is 2.72 bits per heavy atom. The number of likely N-dealkylation sites (tertiary alicyclic amines) is 1. The molecule has 1 saturated heterocycles. The summed E-state index contributed by atoms with van der Waals surface area (Å²) in [5.74, 6) is 1.25. The topological polar surface area (TPSA) is 89.2 Å². The number of methoxy groups -OCH3 is 1. The molecule has 7 nitrogen and oxygen atoms in total. The number of hydrogen-bond acceptors (Lipinski definition) is 4. The molecule has 138 valence electrons. The largest absolute Gasteiger partial charge is 0.497 e. The van der Waals surface area contributed by atoms with Gasteiger partial charge in [0.2, 0.25) is 0 Å². The molecule has 1 aliphatic rings. The smallest absolute Gasteiger partial charge is 0.409 e. The van der Waals surface area contributed by atoms with Crippen molar-refractivity contribution in [2.24, 2.45) is 10.7 Å². The summed E-state index contributed by atoms with van der Waals surface area (Å²) in [5.41, 5.74) is 8.19. The molecule has 1 amide bonds. The minimum Gasteiger partial charge on any atom is -0.497 e. The molecule has 0 spiro atoms. The molecule has 1 fully saturated rings. The van der Waals surface area contributed by atoms with E-state index in [4.69, 9.17) is 15.2 Å². The highest BCUT2D eigenvalue weighted by Crippen LogP contribution is 2.17. The molecule has 1 heterocycles. The zero-order valence-electron chi connectivity index (χ0n) is 15.2. The van der Waals surface area contributed by atoms with Crippen LogP contribution in [0.15, 0.2) is 23.2 Å². The lowest BCUT2D eigenvalue weighted by Crippen LogP contribution is -2.48. The minimum atomic E-state index is -0.240. The van der Waals surface area contributed by atoms with Crippen molar-refractivity contribution in [2.75, 3.05) is 26.8 Å². The van der Waals surface area contributed by atoms with Crippen molar-refractivity contribution in [3.05, 3.63) is 29.3 Å². The van der Waals surface area contributed by atoms with Crippen LogP contribution in [0.2, 0.25) is 0 Å². The number of carbonyl (C=O) groups is 1. The van der Waals surface area contributed by atoms with E-state index in [0.29, 0.717) is 32.2 Å². The van der Waals surface area contributed by atoms with Crippen molar-refractivity contribution in [3.8, 4) is 5.75 Å². The first kappa shape index (κ1) is 18.9. The molecule has 0 radical (unpaired) electrons. The van der Waals surface area contributed by atoms with E-state index in [9.17, 15) is 4.79 Å². The first-order valence-corrected chi connectivity index (χ1v) is 8.64. The highest BCUT2D eigenvalue weighted by Gasteiger charge is 2.23. The van der Waals surface area contributed by atoms with E-state index in [1.54, 1.807) is 12.0 Å². The SMILES string of the molecule is CCOC(=O)N1CCC(NC(N)=NCc2cc(C)cc(OC)c2)CC1. The second-order valence-electron chi connectivity index (χ2n) is 6.16. The summed E-state index contributed by atoms with van der Waals surface area (Å²) in [6, 6.07) is 6.23. The molecule has 1 aliphatic heterocycles. The Balaban J connectivity index is 1.82. The summed E-state index contributed by atoms with van der Waals surface area (Å²) in [6.07, 6.45) is 1.41. The van der Waals surface area contributed by atoms with Crippen LogP contribution in [-0.2, 0) is 11.3 Å². The lowest BCUT2D eigenvalue weighted by molar-refractivity contribution is 0.0963. The van der Waals surface area contributed by atoms with Crippen molar-refractivity contribution < 1.29 is 14.3 Å². The Bertz CT molecular complexity index is 610. The zero-order chi connectivity index (χ0) is 18.2. The summed E-state index contributed by atoms with van der Waals surface area (Å²) in [6.45, 7) is 6.07. The van der Waals surface area contributed by atoms with E-state index in [1.807, 2.05) is 26.0 Å². The number of amides is 1. The number of carbonyl (C=O) groups excluding carboxylic acids is 1. The van der Waals surface area contributed by atoms with Crippen LogP contribution in [0.4, 0.5) is 4.79 Å². The molecule has 0 bridgehead atoms. The molecule has 0 saturated carbocycles. The lowest BCUT2D eigenvalue weighted by atomic mass is 10.1. The molecule has 0 atom stereocenters. The third kappa shape index (κ3) is 5.85. The standard InChI is InChI=1S/C18H28N4O3/c1-4-25-18(23)22-7-5-15(6-8-22)21-17(19)20-12-14-9-13(2)10-16(11-14)24-3/h9-11,15H,4-8,12H2,1-3H3,(H3,19,20,21). The number of ether oxygens (including phenoxy) is 2. The number of aryl methyl sites for hydroxylation is 1. The van der Waals surface area contributed by atoms with Crippen molar-refractivity contribution in [2.45, 2.75) is 39.3 Å². The van der Waals surface area contributed by atoms with Gasteiger partial charge in [-0.2, -0.15) is 0 Å². The monoisotopic (exact) mass is 348 g/mol. The van der Waals surface area contributed by atoms with Gasteiger partial charge in [0.1, 0.15) is 5.75 Å². The maximum atomic E-state index is 11.7. The number of nitrogens with two attached hydrogens (primary N) is 1. The lowest BCUT2D eigenvalue weighted by Gasteiger charge is -2.31. The summed E-state index contributed by atoms with van der Waals surface area (Å²) < 4.78 is 10.3. The highest BCUT2D eigenvalue weighted by molar-refractivity contribution is 5.78. The molecule has 0 aromatic heterocycles. The molecule has 3 N–H and O–H groups in total. The van der Waals surface area contributed by atoms with Gasteiger partial charge < -0.3 is 25.4 Å². The van der Waals surface area contributed by atoms with Crippen LogP contribution in [0.25, 0.3) is 0 Å². The molecule has 2 rings (SSSR count). The van der Waals surface area contributed by atoms with Crippen molar-refractivity contribution in [1.82, 2.24) is 10.2 Å².